The quantitative estimate of drug-likeness (QED) is 0.806. The summed E-state index contributed by atoms with van der Waals surface area (Å²) in [4.78, 5) is 4.38. The van der Waals surface area contributed by atoms with Crippen molar-refractivity contribution in [2.24, 2.45) is 0 Å². The van der Waals surface area contributed by atoms with Gasteiger partial charge in [-0.25, -0.2) is 4.98 Å². The maximum atomic E-state index is 10.1. The van der Waals surface area contributed by atoms with Gasteiger partial charge in [-0.3, -0.25) is 0 Å². The molecule has 0 saturated heterocycles. The molecule has 16 heavy (non-hydrogen) atoms. The van der Waals surface area contributed by atoms with E-state index in [1.165, 1.54) is 0 Å². The molecule has 1 N–H and O–H groups in total. The molecule has 1 rings (SSSR count). The molecule has 0 amide bonds. The Hall–Kier alpha value is -0.830. The third kappa shape index (κ3) is 2.85. The van der Waals surface area contributed by atoms with Gasteiger partial charge in [-0.1, -0.05) is 34.1 Å². The summed E-state index contributed by atoms with van der Waals surface area (Å²) < 4.78 is 2.14. The first-order valence-electron chi connectivity index (χ1n) is 6.32. The van der Waals surface area contributed by atoms with E-state index in [9.17, 15) is 5.11 Å². The first kappa shape index (κ1) is 13.2. The summed E-state index contributed by atoms with van der Waals surface area (Å²) in [5, 5.41) is 10.1. The number of rotatable bonds is 6. The minimum atomic E-state index is -0.262. The fraction of sp³-hybridized carbons (Fsp3) is 0.769. The molecule has 3 heteroatoms. The first-order chi connectivity index (χ1) is 7.61. The van der Waals surface area contributed by atoms with Crippen LogP contribution in [-0.2, 0) is 0 Å². The van der Waals surface area contributed by atoms with Crippen molar-refractivity contribution >= 4 is 0 Å². The standard InChI is InChI=1S/C13H24N2O/c1-5-7-12(16)11(6-2)15-9-8-14-13(15)10(3)4/h8-12,16H,5-7H2,1-4H3. The first-order valence-corrected chi connectivity index (χ1v) is 6.32. The smallest absolute Gasteiger partial charge is 0.111 e. The highest BCUT2D eigenvalue weighted by molar-refractivity contribution is 5.01. The van der Waals surface area contributed by atoms with E-state index in [0.29, 0.717) is 5.92 Å². The zero-order chi connectivity index (χ0) is 12.1. The van der Waals surface area contributed by atoms with Gasteiger partial charge in [-0.2, -0.15) is 0 Å². The Bertz CT molecular complexity index is 307. The van der Waals surface area contributed by atoms with Crippen LogP contribution in [0.15, 0.2) is 12.4 Å². The molecule has 2 atom stereocenters. The van der Waals surface area contributed by atoms with Crippen LogP contribution in [0.3, 0.4) is 0 Å². The fourth-order valence-corrected chi connectivity index (χ4v) is 2.19. The van der Waals surface area contributed by atoms with Gasteiger partial charge in [0.05, 0.1) is 12.1 Å². The van der Waals surface area contributed by atoms with Crippen LogP contribution in [-0.4, -0.2) is 20.8 Å². The lowest BCUT2D eigenvalue weighted by atomic mass is 10.0. The predicted octanol–water partition coefficient (Wildman–Crippen LogP) is 3.12. The summed E-state index contributed by atoms with van der Waals surface area (Å²) in [5.41, 5.74) is 0. The van der Waals surface area contributed by atoms with E-state index in [-0.39, 0.29) is 12.1 Å². The van der Waals surface area contributed by atoms with E-state index in [1.54, 1.807) is 0 Å². The lowest BCUT2D eigenvalue weighted by Crippen LogP contribution is -2.25. The van der Waals surface area contributed by atoms with Gasteiger partial charge in [0.25, 0.3) is 0 Å². The van der Waals surface area contributed by atoms with E-state index in [0.717, 1.165) is 25.1 Å². The number of aliphatic hydroxyl groups is 1. The summed E-state index contributed by atoms with van der Waals surface area (Å²) in [5.74, 6) is 1.47. The van der Waals surface area contributed by atoms with Crippen molar-refractivity contribution in [3.05, 3.63) is 18.2 Å². The molecule has 1 aromatic rings. The Kier molecular flexibility index (Phi) is 5.00. The molecule has 0 spiro atoms. The van der Waals surface area contributed by atoms with Crippen LogP contribution in [0.1, 0.15) is 64.7 Å². The molecule has 0 aliphatic heterocycles. The second-order valence-electron chi connectivity index (χ2n) is 4.68. The van der Waals surface area contributed by atoms with Gasteiger partial charge < -0.3 is 9.67 Å². The van der Waals surface area contributed by atoms with Crippen molar-refractivity contribution in [2.45, 2.75) is 65.0 Å². The highest BCUT2D eigenvalue weighted by Crippen LogP contribution is 2.24. The topological polar surface area (TPSA) is 38.0 Å². The lowest BCUT2D eigenvalue weighted by molar-refractivity contribution is 0.0984. The largest absolute Gasteiger partial charge is 0.391 e. The number of hydrogen-bond donors (Lipinski definition) is 1. The summed E-state index contributed by atoms with van der Waals surface area (Å²) in [6.07, 6.45) is 6.37. The molecule has 92 valence electrons. The average molecular weight is 224 g/mol. The summed E-state index contributed by atoms with van der Waals surface area (Å²) >= 11 is 0. The van der Waals surface area contributed by atoms with Crippen molar-refractivity contribution < 1.29 is 5.11 Å². The van der Waals surface area contributed by atoms with E-state index in [2.05, 4.69) is 37.2 Å². The Balaban J connectivity index is 2.90. The molecular weight excluding hydrogens is 200 g/mol. The second-order valence-corrected chi connectivity index (χ2v) is 4.68. The summed E-state index contributed by atoms with van der Waals surface area (Å²) in [7, 11) is 0. The van der Waals surface area contributed by atoms with Crippen molar-refractivity contribution in [1.29, 1.82) is 0 Å². The molecular formula is C13H24N2O. The van der Waals surface area contributed by atoms with Crippen LogP contribution in [0.4, 0.5) is 0 Å². The van der Waals surface area contributed by atoms with Crippen LogP contribution < -0.4 is 0 Å². The monoisotopic (exact) mass is 224 g/mol. The van der Waals surface area contributed by atoms with Gasteiger partial charge in [-0.15, -0.1) is 0 Å². The van der Waals surface area contributed by atoms with E-state index in [1.807, 2.05) is 12.4 Å². The molecule has 1 aromatic heterocycles. The van der Waals surface area contributed by atoms with Crippen LogP contribution in [0.5, 0.6) is 0 Å². The van der Waals surface area contributed by atoms with Gasteiger partial charge in [0.2, 0.25) is 0 Å². The third-order valence-electron chi connectivity index (χ3n) is 3.02. The number of imidazole rings is 1. The summed E-state index contributed by atoms with van der Waals surface area (Å²) in [6, 6.07) is 0.167. The Labute approximate surface area is 98.5 Å². The molecule has 0 saturated carbocycles. The van der Waals surface area contributed by atoms with Gasteiger partial charge >= 0.3 is 0 Å². The molecule has 0 bridgehead atoms. The van der Waals surface area contributed by atoms with Crippen LogP contribution in [0, 0.1) is 0 Å². The van der Waals surface area contributed by atoms with E-state index >= 15 is 0 Å². The minimum Gasteiger partial charge on any atom is -0.391 e. The fourth-order valence-electron chi connectivity index (χ4n) is 2.19. The van der Waals surface area contributed by atoms with Crippen LogP contribution in [0.25, 0.3) is 0 Å². The molecule has 0 fully saturated rings. The molecule has 0 radical (unpaired) electrons. The Morgan fingerprint density at radius 1 is 1.38 bits per heavy atom. The predicted molar refractivity (Wildman–Crippen MR) is 66.6 cm³/mol. The normalized spacial score (nSPS) is 15.4. The van der Waals surface area contributed by atoms with Crippen molar-refractivity contribution in [3.8, 4) is 0 Å². The molecule has 0 aliphatic rings. The Morgan fingerprint density at radius 2 is 2.06 bits per heavy atom. The molecule has 0 aromatic carbocycles. The SMILES string of the molecule is CCCC(O)C(CC)n1ccnc1C(C)C. The number of nitrogens with zero attached hydrogens (tertiary/aromatic N) is 2. The van der Waals surface area contributed by atoms with Gasteiger partial charge in [0.1, 0.15) is 5.82 Å². The highest BCUT2D eigenvalue weighted by atomic mass is 16.3. The molecule has 1 heterocycles. The van der Waals surface area contributed by atoms with Gasteiger partial charge in [-0.05, 0) is 12.8 Å². The van der Waals surface area contributed by atoms with Crippen LogP contribution >= 0.6 is 0 Å². The molecule has 2 unspecified atom stereocenters. The number of hydrogen-bond acceptors (Lipinski definition) is 2. The van der Waals surface area contributed by atoms with E-state index < -0.39 is 0 Å². The zero-order valence-electron chi connectivity index (χ0n) is 10.8. The Morgan fingerprint density at radius 3 is 2.56 bits per heavy atom. The zero-order valence-corrected chi connectivity index (χ0v) is 10.8. The lowest BCUT2D eigenvalue weighted by Gasteiger charge is -2.25. The number of aliphatic hydroxyl groups excluding tert-OH is 1. The molecule has 0 aliphatic carbocycles. The third-order valence-corrected chi connectivity index (χ3v) is 3.02. The minimum absolute atomic E-state index is 0.167. The van der Waals surface area contributed by atoms with Gasteiger partial charge in [0.15, 0.2) is 0 Å². The van der Waals surface area contributed by atoms with Gasteiger partial charge in [0, 0.05) is 18.3 Å². The highest BCUT2D eigenvalue weighted by Gasteiger charge is 2.21. The van der Waals surface area contributed by atoms with Crippen molar-refractivity contribution in [2.75, 3.05) is 0 Å². The van der Waals surface area contributed by atoms with Crippen LogP contribution in [0.2, 0.25) is 0 Å². The van der Waals surface area contributed by atoms with Crippen molar-refractivity contribution in [3.63, 3.8) is 0 Å². The summed E-state index contributed by atoms with van der Waals surface area (Å²) in [6.45, 7) is 8.50. The van der Waals surface area contributed by atoms with Crippen molar-refractivity contribution in [1.82, 2.24) is 9.55 Å². The average Bonchev–Trinajstić information content (AvgIpc) is 2.68. The maximum absolute atomic E-state index is 10.1. The number of aromatic nitrogens is 2. The second kappa shape index (κ2) is 6.04. The van der Waals surface area contributed by atoms with E-state index in [4.69, 9.17) is 0 Å². The molecule has 3 nitrogen and oxygen atoms in total. The maximum Gasteiger partial charge on any atom is 0.111 e.